The van der Waals surface area contributed by atoms with Gasteiger partial charge in [-0.05, 0) is 73.1 Å². The molecule has 1 atom stereocenters. The molecular formula is C39H27BrO. The molecule has 0 radical (unpaired) electrons. The standard InChI is InChI=1S/C39H27BrO/c40-32-15-10-14-31(26-32)39(41,38-20-9-8-17-34(38)27-11-2-1-3-12-27)30-23-21-28(22-24-30)37-25-29-13-4-5-16-33(29)35-18-6-7-19-36(35)37/h1-26,41H. The molecule has 2 heteroatoms. The van der Waals surface area contributed by atoms with Crippen molar-refractivity contribution in [3.63, 3.8) is 0 Å². The zero-order valence-electron chi connectivity index (χ0n) is 22.3. The summed E-state index contributed by atoms with van der Waals surface area (Å²) < 4.78 is 0.921. The average molecular weight is 592 g/mol. The molecule has 41 heavy (non-hydrogen) atoms. The Balaban J connectivity index is 1.43. The van der Waals surface area contributed by atoms with Crippen LogP contribution in [0.1, 0.15) is 16.7 Å². The van der Waals surface area contributed by atoms with Gasteiger partial charge in [-0.15, -0.1) is 0 Å². The minimum atomic E-state index is -1.37. The molecule has 7 rings (SSSR count). The highest BCUT2D eigenvalue weighted by Crippen LogP contribution is 2.43. The molecule has 0 aliphatic heterocycles. The summed E-state index contributed by atoms with van der Waals surface area (Å²) in [6.45, 7) is 0. The van der Waals surface area contributed by atoms with Crippen LogP contribution in [0.4, 0.5) is 0 Å². The molecule has 7 aromatic rings. The molecule has 0 saturated carbocycles. The van der Waals surface area contributed by atoms with E-state index >= 15 is 0 Å². The zero-order valence-corrected chi connectivity index (χ0v) is 23.9. The third-order valence-corrected chi connectivity index (χ3v) is 8.52. The normalized spacial score (nSPS) is 12.8. The second-order valence-corrected chi connectivity index (χ2v) is 11.3. The van der Waals surface area contributed by atoms with Crippen LogP contribution in [-0.2, 0) is 5.60 Å². The van der Waals surface area contributed by atoms with Crippen LogP contribution in [0.5, 0.6) is 0 Å². The molecule has 7 aromatic carbocycles. The maximum Gasteiger partial charge on any atom is 0.141 e. The Labute approximate surface area is 248 Å². The van der Waals surface area contributed by atoms with E-state index in [1.807, 2.05) is 60.7 Å². The Morgan fingerprint density at radius 1 is 0.439 bits per heavy atom. The Hall–Kier alpha value is -4.50. The highest BCUT2D eigenvalue weighted by atomic mass is 79.9. The number of fused-ring (bicyclic) bond motifs is 3. The molecule has 0 bridgehead atoms. The molecule has 1 N–H and O–H groups in total. The molecule has 0 spiro atoms. The molecule has 0 aliphatic carbocycles. The number of benzene rings is 7. The summed E-state index contributed by atoms with van der Waals surface area (Å²) in [5.41, 5.74) is 5.45. The van der Waals surface area contributed by atoms with Crippen LogP contribution in [0.3, 0.4) is 0 Å². The molecule has 196 valence electrons. The molecule has 1 unspecified atom stereocenters. The smallest absolute Gasteiger partial charge is 0.141 e. The minimum absolute atomic E-state index is 0.805. The average Bonchev–Trinajstić information content (AvgIpc) is 3.04. The van der Waals surface area contributed by atoms with E-state index in [2.05, 4.69) is 113 Å². The number of aliphatic hydroxyl groups is 1. The molecule has 0 heterocycles. The number of rotatable bonds is 5. The van der Waals surface area contributed by atoms with Crippen LogP contribution in [0, 0.1) is 0 Å². The van der Waals surface area contributed by atoms with Gasteiger partial charge in [-0.3, -0.25) is 0 Å². The van der Waals surface area contributed by atoms with Crippen molar-refractivity contribution in [2.75, 3.05) is 0 Å². The molecule has 0 fully saturated rings. The summed E-state index contributed by atoms with van der Waals surface area (Å²) in [6.07, 6.45) is 0. The predicted molar refractivity (Wildman–Crippen MR) is 175 cm³/mol. The van der Waals surface area contributed by atoms with E-state index in [0.717, 1.165) is 37.9 Å². The summed E-state index contributed by atoms with van der Waals surface area (Å²) in [7, 11) is 0. The van der Waals surface area contributed by atoms with E-state index in [0.29, 0.717) is 0 Å². The third kappa shape index (κ3) is 4.46. The van der Waals surface area contributed by atoms with Crippen LogP contribution in [0.2, 0.25) is 0 Å². The van der Waals surface area contributed by atoms with Crippen LogP contribution >= 0.6 is 15.9 Å². The van der Waals surface area contributed by atoms with Gasteiger partial charge in [0.1, 0.15) is 5.60 Å². The van der Waals surface area contributed by atoms with E-state index in [1.165, 1.54) is 27.1 Å². The fraction of sp³-hybridized carbons (Fsp3) is 0.0256. The van der Waals surface area contributed by atoms with Gasteiger partial charge in [0, 0.05) is 10.0 Å². The summed E-state index contributed by atoms with van der Waals surface area (Å²) in [4.78, 5) is 0. The van der Waals surface area contributed by atoms with Gasteiger partial charge >= 0.3 is 0 Å². The first kappa shape index (κ1) is 25.5. The molecule has 0 aromatic heterocycles. The van der Waals surface area contributed by atoms with Crippen molar-refractivity contribution < 1.29 is 5.11 Å². The summed E-state index contributed by atoms with van der Waals surface area (Å²) in [5.74, 6) is 0. The second kappa shape index (κ2) is 10.5. The van der Waals surface area contributed by atoms with E-state index in [4.69, 9.17) is 0 Å². The largest absolute Gasteiger partial charge is 0.376 e. The molecule has 0 aliphatic rings. The van der Waals surface area contributed by atoms with E-state index in [1.54, 1.807) is 0 Å². The van der Waals surface area contributed by atoms with Gasteiger partial charge in [0.25, 0.3) is 0 Å². The number of hydrogen-bond acceptors (Lipinski definition) is 1. The van der Waals surface area contributed by atoms with Crippen molar-refractivity contribution in [2.24, 2.45) is 0 Å². The first-order valence-corrected chi connectivity index (χ1v) is 14.6. The van der Waals surface area contributed by atoms with E-state index in [9.17, 15) is 5.11 Å². The summed E-state index contributed by atoms with van der Waals surface area (Å²) in [5, 5.41) is 17.8. The van der Waals surface area contributed by atoms with Gasteiger partial charge in [0.15, 0.2) is 0 Å². The highest BCUT2D eigenvalue weighted by molar-refractivity contribution is 9.10. The molecular weight excluding hydrogens is 564 g/mol. The summed E-state index contributed by atoms with van der Waals surface area (Å²) >= 11 is 3.64. The minimum Gasteiger partial charge on any atom is -0.376 e. The van der Waals surface area contributed by atoms with Crippen LogP contribution < -0.4 is 0 Å². The first-order valence-electron chi connectivity index (χ1n) is 13.8. The lowest BCUT2D eigenvalue weighted by Crippen LogP contribution is -2.29. The Morgan fingerprint density at radius 2 is 1.07 bits per heavy atom. The van der Waals surface area contributed by atoms with Crippen molar-refractivity contribution in [1.82, 2.24) is 0 Å². The van der Waals surface area contributed by atoms with Crippen LogP contribution in [-0.4, -0.2) is 5.11 Å². The lowest BCUT2D eigenvalue weighted by atomic mass is 9.77. The molecule has 0 amide bonds. The van der Waals surface area contributed by atoms with Gasteiger partial charge in [0.05, 0.1) is 0 Å². The lowest BCUT2D eigenvalue weighted by molar-refractivity contribution is 0.126. The maximum atomic E-state index is 12.8. The second-order valence-electron chi connectivity index (χ2n) is 10.4. The maximum absolute atomic E-state index is 12.8. The Kier molecular flexibility index (Phi) is 6.51. The van der Waals surface area contributed by atoms with Crippen LogP contribution in [0.15, 0.2) is 162 Å². The number of halogens is 1. The van der Waals surface area contributed by atoms with Gasteiger partial charge in [-0.2, -0.15) is 0 Å². The van der Waals surface area contributed by atoms with Crippen molar-refractivity contribution in [1.29, 1.82) is 0 Å². The van der Waals surface area contributed by atoms with Gasteiger partial charge in [-0.1, -0.05) is 155 Å². The Bertz CT molecular complexity index is 2010. The fourth-order valence-electron chi connectivity index (χ4n) is 6.04. The molecule has 0 saturated heterocycles. The monoisotopic (exact) mass is 590 g/mol. The van der Waals surface area contributed by atoms with E-state index in [-0.39, 0.29) is 0 Å². The van der Waals surface area contributed by atoms with Crippen molar-refractivity contribution in [3.8, 4) is 22.3 Å². The zero-order chi connectivity index (χ0) is 27.8. The predicted octanol–water partition coefficient (Wildman–Crippen LogP) is 10.4. The number of hydrogen-bond donors (Lipinski definition) is 1. The SMILES string of the molecule is OC(c1ccc(-c2cc3ccccc3c3ccccc23)cc1)(c1cccc(Br)c1)c1ccccc1-c1ccccc1. The lowest BCUT2D eigenvalue weighted by Gasteiger charge is -2.32. The Morgan fingerprint density at radius 3 is 1.85 bits per heavy atom. The summed E-state index contributed by atoms with van der Waals surface area (Å²) in [6, 6.07) is 54.2. The fourth-order valence-corrected chi connectivity index (χ4v) is 6.44. The topological polar surface area (TPSA) is 20.2 Å². The third-order valence-electron chi connectivity index (χ3n) is 8.03. The molecule has 1 nitrogen and oxygen atoms in total. The highest BCUT2D eigenvalue weighted by Gasteiger charge is 2.36. The van der Waals surface area contributed by atoms with E-state index < -0.39 is 5.60 Å². The van der Waals surface area contributed by atoms with Gasteiger partial charge < -0.3 is 5.11 Å². The quantitative estimate of drug-likeness (QED) is 0.156. The van der Waals surface area contributed by atoms with Gasteiger partial charge in [-0.25, -0.2) is 0 Å². The van der Waals surface area contributed by atoms with Crippen molar-refractivity contribution in [2.45, 2.75) is 5.60 Å². The van der Waals surface area contributed by atoms with Gasteiger partial charge in [0.2, 0.25) is 0 Å². The van der Waals surface area contributed by atoms with Crippen LogP contribution in [0.25, 0.3) is 43.8 Å². The first-order chi connectivity index (χ1) is 20.1. The van der Waals surface area contributed by atoms with Crippen molar-refractivity contribution in [3.05, 3.63) is 179 Å². The van der Waals surface area contributed by atoms with Crippen molar-refractivity contribution >= 4 is 37.5 Å².